The first-order valence-corrected chi connectivity index (χ1v) is 12.8. The van der Waals surface area contributed by atoms with Gasteiger partial charge in [-0.2, -0.15) is 27.1 Å². The Kier molecular flexibility index (Phi) is 5.75. The molecule has 3 atom stereocenters. The van der Waals surface area contributed by atoms with Crippen LogP contribution >= 0.6 is 0 Å². The summed E-state index contributed by atoms with van der Waals surface area (Å²) in [6.07, 6.45) is 9.04. The van der Waals surface area contributed by atoms with Gasteiger partial charge in [-0.3, -0.25) is 5.10 Å². The van der Waals surface area contributed by atoms with E-state index in [0.29, 0.717) is 36.9 Å². The minimum absolute atomic E-state index is 0.00682. The molecule has 3 aromatic heterocycles. The predicted octanol–water partition coefficient (Wildman–Crippen LogP) is 1.98. The number of pyridine rings is 1. The molecule has 5 rings (SSSR count). The molecule has 0 bridgehead atoms. The lowest BCUT2D eigenvalue weighted by Crippen LogP contribution is -2.55. The molecule has 33 heavy (non-hydrogen) atoms. The van der Waals surface area contributed by atoms with Crippen molar-refractivity contribution in [1.29, 1.82) is 0 Å². The number of piperidine rings is 1. The van der Waals surface area contributed by atoms with E-state index in [9.17, 15) is 8.42 Å². The monoisotopic (exact) mass is 474 g/mol. The Labute approximate surface area is 193 Å². The normalized spacial score (nSPS) is 23.8. The van der Waals surface area contributed by atoms with Gasteiger partial charge < -0.3 is 10.1 Å². The van der Waals surface area contributed by atoms with Gasteiger partial charge in [0.05, 0.1) is 12.8 Å². The van der Waals surface area contributed by atoms with Crippen molar-refractivity contribution in [2.45, 2.75) is 44.7 Å². The summed E-state index contributed by atoms with van der Waals surface area (Å²) in [4.78, 5) is 4.75. The summed E-state index contributed by atoms with van der Waals surface area (Å²) < 4.78 is 36.3. The van der Waals surface area contributed by atoms with E-state index in [1.165, 1.54) is 4.31 Å². The minimum atomic E-state index is -3.43. The van der Waals surface area contributed by atoms with E-state index in [0.717, 1.165) is 30.4 Å². The molecule has 4 heterocycles. The number of anilines is 1. The van der Waals surface area contributed by atoms with Crippen molar-refractivity contribution in [1.82, 2.24) is 33.4 Å². The van der Waals surface area contributed by atoms with Crippen molar-refractivity contribution in [3.05, 3.63) is 24.7 Å². The molecule has 0 amide bonds. The smallest absolute Gasteiger partial charge is 0.281 e. The third-order valence-electron chi connectivity index (χ3n) is 6.71. The van der Waals surface area contributed by atoms with Gasteiger partial charge in [0.25, 0.3) is 10.2 Å². The maximum absolute atomic E-state index is 12.8. The van der Waals surface area contributed by atoms with E-state index in [4.69, 9.17) is 9.72 Å². The van der Waals surface area contributed by atoms with Crippen molar-refractivity contribution in [2.75, 3.05) is 32.6 Å². The van der Waals surface area contributed by atoms with E-state index < -0.39 is 10.2 Å². The minimum Gasteiger partial charge on any atom is -0.489 e. The first-order valence-electron chi connectivity index (χ1n) is 11.4. The molecule has 0 aromatic carbocycles. The van der Waals surface area contributed by atoms with Crippen LogP contribution in [0.2, 0.25) is 0 Å². The molecule has 2 fully saturated rings. The Balaban J connectivity index is 1.42. The van der Waals surface area contributed by atoms with Gasteiger partial charge in [0.1, 0.15) is 0 Å². The molecule has 1 aliphatic carbocycles. The molecule has 0 radical (unpaired) electrons. The first-order chi connectivity index (χ1) is 15.9. The van der Waals surface area contributed by atoms with Crippen molar-refractivity contribution < 1.29 is 13.2 Å². The Bertz CT molecular complexity index is 1220. The lowest BCUT2D eigenvalue weighted by atomic mass is 9.88. The summed E-state index contributed by atoms with van der Waals surface area (Å²) in [5, 5.41) is 15.0. The van der Waals surface area contributed by atoms with Crippen molar-refractivity contribution in [2.24, 2.45) is 5.92 Å². The molecule has 3 aromatic rings. The summed E-state index contributed by atoms with van der Waals surface area (Å²) in [6.45, 7) is 2.93. The molecule has 1 aliphatic heterocycles. The highest BCUT2D eigenvalue weighted by molar-refractivity contribution is 7.86. The molecule has 1 saturated carbocycles. The highest BCUT2D eigenvalue weighted by Crippen LogP contribution is 2.40. The van der Waals surface area contributed by atoms with Gasteiger partial charge in [-0.05, 0) is 38.2 Å². The molecule has 1 saturated heterocycles. The van der Waals surface area contributed by atoms with Gasteiger partial charge >= 0.3 is 0 Å². The summed E-state index contributed by atoms with van der Waals surface area (Å²) in [5.74, 6) is 1.42. The number of aromatic amines is 1. The zero-order valence-corrected chi connectivity index (χ0v) is 19.9. The first kappa shape index (κ1) is 22.1. The molecule has 2 N–H and O–H groups in total. The van der Waals surface area contributed by atoms with Gasteiger partial charge in [0.2, 0.25) is 5.95 Å². The highest BCUT2D eigenvalue weighted by Gasteiger charge is 2.46. The molecule has 12 heteroatoms. The van der Waals surface area contributed by atoms with Crippen LogP contribution in [0.3, 0.4) is 0 Å². The van der Waals surface area contributed by atoms with Crippen LogP contribution in [0.25, 0.3) is 16.8 Å². The van der Waals surface area contributed by atoms with Crippen LogP contribution in [0.15, 0.2) is 24.7 Å². The number of nitrogens with one attached hydrogen (secondary N) is 2. The number of ether oxygens (including phenoxy) is 1. The van der Waals surface area contributed by atoms with E-state index >= 15 is 0 Å². The van der Waals surface area contributed by atoms with Crippen LogP contribution < -0.4 is 10.1 Å². The Hall–Kier alpha value is -2.70. The van der Waals surface area contributed by atoms with Crippen LogP contribution in [-0.4, -0.2) is 81.2 Å². The summed E-state index contributed by atoms with van der Waals surface area (Å²) in [6, 6.07) is 2.07. The predicted molar refractivity (Wildman–Crippen MR) is 124 cm³/mol. The lowest BCUT2D eigenvalue weighted by Gasteiger charge is -2.42. The van der Waals surface area contributed by atoms with Gasteiger partial charge in [-0.15, -0.1) is 5.10 Å². The van der Waals surface area contributed by atoms with Gasteiger partial charge in [-0.25, -0.2) is 4.52 Å². The van der Waals surface area contributed by atoms with E-state index in [1.54, 1.807) is 29.1 Å². The average molecular weight is 475 g/mol. The van der Waals surface area contributed by atoms with E-state index in [1.807, 2.05) is 25.4 Å². The summed E-state index contributed by atoms with van der Waals surface area (Å²) >= 11 is 0. The Morgan fingerprint density at radius 1 is 1.30 bits per heavy atom. The maximum atomic E-state index is 12.8. The summed E-state index contributed by atoms with van der Waals surface area (Å²) in [5.41, 5.74) is 2.45. The quantitative estimate of drug-likeness (QED) is 0.537. The molecule has 178 valence electrons. The SMILES string of the molecule is CCOc1c(-c2cn[nH]c2)ccn2nc(NC3CCN(S(=O)(=O)N(C)C)C4CCCC34)nc12. The second-order valence-electron chi connectivity index (χ2n) is 8.78. The van der Waals surface area contributed by atoms with Crippen LogP contribution in [-0.2, 0) is 10.2 Å². The van der Waals surface area contributed by atoms with Crippen LogP contribution in [0, 0.1) is 5.92 Å². The van der Waals surface area contributed by atoms with E-state index in [-0.39, 0.29) is 18.0 Å². The van der Waals surface area contributed by atoms with Gasteiger partial charge in [0, 0.05) is 56.2 Å². The van der Waals surface area contributed by atoms with Crippen LogP contribution in [0.4, 0.5) is 5.95 Å². The number of hydrogen-bond donors (Lipinski definition) is 2. The number of rotatable bonds is 7. The van der Waals surface area contributed by atoms with Crippen LogP contribution in [0.5, 0.6) is 5.75 Å². The largest absolute Gasteiger partial charge is 0.489 e. The standard InChI is InChI=1S/C21H30N8O3S/c1-4-32-19-15(14-12-22-23-13-14)8-10-28-20(19)25-21(26-28)24-17-9-11-29(33(30,31)27(2)3)18-7-5-6-16(17)18/h8,10,12-13,16-18H,4-7,9,11H2,1-3H3,(H,22,23)(H,24,26). The van der Waals surface area contributed by atoms with Gasteiger partial charge in [-0.1, -0.05) is 6.42 Å². The molecule has 11 nitrogen and oxygen atoms in total. The Morgan fingerprint density at radius 3 is 2.88 bits per heavy atom. The summed E-state index contributed by atoms with van der Waals surface area (Å²) in [7, 11) is -0.239. The number of nitrogens with zero attached hydrogens (tertiary/aromatic N) is 6. The van der Waals surface area contributed by atoms with Crippen LogP contribution in [0.1, 0.15) is 32.6 Å². The van der Waals surface area contributed by atoms with Crippen molar-refractivity contribution in [3.63, 3.8) is 0 Å². The topological polar surface area (TPSA) is 121 Å². The number of hydrogen-bond acceptors (Lipinski definition) is 7. The molecule has 2 aliphatic rings. The second-order valence-corrected chi connectivity index (χ2v) is 10.9. The number of H-pyrrole nitrogens is 1. The third kappa shape index (κ3) is 3.85. The van der Waals surface area contributed by atoms with E-state index in [2.05, 4.69) is 20.6 Å². The number of fused-ring (bicyclic) bond motifs is 2. The molecular weight excluding hydrogens is 444 g/mol. The fourth-order valence-electron chi connectivity index (χ4n) is 5.18. The van der Waals surface area contributed by atoms with Crippen molar-refractivity contribution >= 4 is 21.8 Å². The zero-order valence-electron chi connectivity index (χ0n) is 19.1. The second kappa shape index (κ2) is 8.58. The fourth-order valence-corrected chi connectivity index (χ4v) is 6.54. The maximum Gasteiger partial charge on any atom is 0.281 e. The zero-order chi connectivity index (χ0) is 23.2. The van der Waals surface area contributed by atoms with Gasteiger partial charge in [0.15, 0.2) is 11.4 Å². The Morgan fingerprint density at radius 2 is 2.15 bits per heavy atom. The highest BCUT2D eigenvalue weighted by atomic mass is 32.2. The number of aromatic nitrogens is 5. The van der Waals surface area contributed by atoms with Crippen molar-refractivity contribution in [3.8, 4) is 16.9 Å². The molecule has 3 unspecified atom stereocenters. The fraction of sp³-hybridized carbons (Fsp3) is 0.571. The lowest BCUT2D eigenvalue weighted by molar-refractivity contribution is 0.179. The average Bonchev–Trinajstić information content (AvgIpc) is 3.54. The molecular formula is C21H30N8O3S. The molecule has 0 spiro atoms. The third-order valence-corrected chi connectivity index (χ3v) is 8.68.